The zero-order chi connectivity index (χ0) is 10.8. The first-order chi connectivity index (χ1) is 6.45. The fourth-order valence-electron chi connectivity index (χ4n) is 1.13. The number of hydrogen-bond donors (Lipinski definition) is 0. The Balaban J connectivity index is 3.01. The molecule has 0 N–H and O–H groups in total. The van der Waals surface area contributed by atoms with Crippen LogP contribution in [0.2, 0.25) is 0 Å². The topological polar surface area (TPSA) is 37.4 Å². The number of sulfone groups is 1. The smallest absolute Gasteiger partial charge is 0.175 e. The SMILES string of the molecule is CCN(C)c1ccc(S(C)(=O)=O)cc1. The molecule has 0 aromatic heterocycles. The molecule has 0 fully saturated rings. The van der Waals surface area contributed by atoms with E-state index in [1.807, 2.05) is 31.0 Å². The van der Waals surface area contributed by atoms with Crippen LogP contribution in [0.1, 0.15) is 6.92 Å². The molecular weight excluding hydrogens is 198 g/mol. The zero-order valence-electron chi connectivity index (χ0n) is 8.69. The summed E-state index contributed by atoms with van der Waals surface area (Å²) in [5, 5.41) is 0. The standard InChI is InChI=1S/C10H15NO2S/c1-4-11(2)9-5-7-10(8-6-9)14(3,12)13/h5-8H,4H2,1-3H3. The second-order valence-corrected chi connectivity index (χ2v) is 5.30. The van der Waals surface area contributed by atoms with Gasteiger partial charge in [0.05, 0.1) is 4.90 Å². The van der Waals surface area contributed by atoms with E-state index in [1.54, 1.807) is 12.1 Å². The fourth-order valence-corrected chi connectivity index (χ4v) is 1.76. The van der Waals surface area contributed by atoms with Gasteiger partial charge >= 0.3 is 0 Å². The van der Waals surface area contributed by atoms with Crippen molar-refractivity contribution in [3.63, 3.8) is 0 Å². The molecule has 1 aromatic rings. The summed E-state index contributed by atoms with van der Waals surface area (Å²) in [5.41, 5.74) is 1.03. The van der Waals surface area contributed by atoms with Crippen molar-refractivity contribution >= 4 is 15.5 Å². The Bertz CT molecular complexity index is 395. The first kappa shape index (κ1) is 11.0. The van der Waals surface area contributed by atoms with Crippen LogP contribution in [0.25, 0.3) is 0 Å². The molecule has 0 aliphatic rings. The van der Waals surface area contributed by atoms with Gasteiger partial charge in [-0.2, -0.15) is 0 Å². The summed E-state index contributed by atoms with van der Waals surface area (Å²) in [4.78, 5) is 2.41. The third-order valence-electron chi connectivity index (χ3n) is 2.18. The van der Waals surface area contributed by atoms with Crippen molar-refractivity contribution in [3.8, 4) is 0 Å². The molecule has 0 saturated carbocycles. The quantitative estimate of drug-likeness (QED) is 0.764. The Labute approximate surface area is 85.3 Å². The van der Waals surface area contributed by atoms with Crippen LogP contribution in [0.5, 0.6) is 0 Å². The maximum absolute atomic E-state index is 11.2. The molecule has 0 radical (unpaired) electrons. The van der Waals surface area contributed by atoms with E-state index >= 15 is 0 Å². The normalized spacial score (nSPS) is 11.4. The molecular formula is C10H15NO2S. The van der Waals surface area contributed by atoms with Crippen molar-refractivity contribution < 1.29 is 8.42 Å². The van der Waals surface area contributed by atoms with Gasteiger partial charge in [-0.15, -0.1) is 0 Å². The van der Waals surface area contributed by atoms with Crippen LogP contribution in [0.4, 0.5) is 5.69 Å². The predicted octanol–water partition coefficient (Wildman–Crippen LogP) is 1.55. The molecule has 0 saturated heterocycles. The number of nitrogens with zero attached hydrogens (tertiary/aromatic N) is 1. The lowest BCUT2D eigenvalue weighted by Gasteiger charge is -2.16. The molecule has 0 amide bonds. The molecule has 3 nitrogen and oxygen atoms in total. The van der Waals surface area contributed by atoms with E-state index in [2.05, 4.69) is 0 Å². The monoisotopic (exact) mass is 213 g/mol. The second kappa shape index (κ2) is 4.00. The first-order valence-corrected chi connectivity index (χ1v) is 6.35. The molecule has 0 spiro atoms. The number of anilines is 1. The van der Waals surface area contributed by atoms with Crippen LogP contribution >= 0.6 is 0 Å². The van der Waals surface area contributed by atoms with Crippen LogP contribution in [0.3, 0.4) is 0 Å². The van der Waals surface area contributed by atoms with E-state index in [4.69, 9.17) is 0 Å². The van der Waals surface area contributed by atoms with E-state index < -0.39 is 9.84 Å². The van der Waals surface area contributed by atoms with E-state index in [0.717, 1.165) is 12.2 Å². The Kier molecular flexibility index (Phi) is 3.16. The Hall–Kier alpha value is -1.03. The van der Waals surface area contributed by atoms with Gasteiger partial charge in [0.25, 0.3) is 0 Å². The van der Waals surface area contributed by atoms with Gasteiger partial charge in [0.1, 0.15) is 0 Å². The molecule has 0 atom stereocenters. The molecule has 0 aliphatic heterocycles. The minimum Gasteiger partial charge on any atom is -0.375 e. The maximum atomic E-state index is 11.2. The van der Waals surface area contributed by atoms with Crippen LogP contribution in [0, 0.1) is 0 Å². The highest BCUT2D eigenvalue weighted by molar-refractivity contribution is 7.90. The minimum atomic E-state index is -3.07. The van der Waals surface area contributed by atoms with Gasteiger partial charge in [-0.3, -0.25) is 0 Å². The van der Waals surface area contributed by atoms with Gasteiger partial charge in [0.15, 0.2) is 9.84 Å². The molecule has 0 unspecified atom stereocenters. The van der Waals surface area contributed by atoms with Gasteiger partial charge in [0, 0.05) is 25.5 Å². The van der Waals surface area contributed by atoms with Crippen molar-refractivity contribution in [2.24, 2.45) is 0 Å². The summed E-state index contributed by atoms with van der Waals surface area (Å²) in [5.74, 6) is 0. The highest BCUT2D eigenvalue weighted by Gasteiger charge is 2.06. The van der Waals surface area contributed by atoms with Crippen LogP contribution in [0.15, 0.2) is 29.2 Å². The van der Waals surface area contributed by atoms with Crippen LogP contribution in [-0.2, 0) is 9.84 Å². The Morgan fingerprint density at radius 1 is 1.21 bits per heavy atom. The second-order valence-electron chi connectivity index (χ2n) is 3.28. The van der Waals surface area contributed by atoms with Gasteiger partial charge in [-0.1, -0.05) is 0 Å². The third kappa shape index (κ3) is 2.48. The van der Waals surface area contributed by atoms with E-state index in [0.29, 0.717) is 4.90 Å². The number of hydrogen-bond acceptors (Lipinski definition) is 3. The predicted molar refractivity (Wildman–Crippen MR) is 58.5 cm³/mol. The largest absolute Gasteiger partial charge is 0.375 e. The highest BCUT2D eigenvalue weighted by Crippen LogP contribution is 2.16. The molecule has 78 valence electrons. The van der Waals surface area contributed by atoms with Crippen molar-refractivity contribution in [3.05, 3.63) is 24.3 Å². The fraction of sp³-hybridized carbons (Fsp3) is 0.400. The van der Waals surface area contributed by atoms with Crippen LogP contribution < -0.4 is 4.90 Å². The Morgan fingerprint density at radius 3 is 2.07 bits per heavy atom. The molecule has 14 heavy (non-hydrogen) atoms. The van der Waals surface area contributed by atoms with Gasteiger partial charge < -0.3 is 4.90 Å². The summed E-state index contributed by atoms with van der Waals surface area (Å²) >= 11 is 0. The number of rotatable bonds is 3. The summed E-state index contributed by atoms with van der Waals surface area (Å²) in [6.07, 6.45) is 1.21. The number of benzene rings is 1. The molecule has 0 heterocycles. The van der Waals surface area contributed by atoms with Gasteiger partial charge in [0.2, 0.25) is 0 Å². The average Bonchev–Trinajstić information content (AvgIpc) is 2.15. The summed E-state index contributed by atoms with van der Waals surface area (Å²) < 4.78 is 22.3. The van der Waals surface area contributed by atoms with Crippen LogP contribution in [-0.4, -0.2) is 28.3 Å². The van der Waals surface area contributed by atoms with Crippen molar-refractivity contribution in [2.75, 3.05) is 24.7 Å². The summed E-state index contributed by atoms with van der Waals surface area (Å²) in [6.45, 7) is 2.95. The zero-order valence-corrected chi connectivity index (χ0v) is 9.50. The van der Waals surface area contributed by atoms with E-state index in [-0.39, 0.29) is 0 Å². The maximum Gasteiger partial charge on any atom is 0.175 e. The molecule has 0 bridgehead atoms. The summed E-state index contributed by atoms with van der Waals surface area (Å²) in [6, 6.07) is 6.91. The van der Waals surface area contributed by atoms with E-state index in [9.17, 15) is 8.42 Å². The summed E-state index contributed by atoms with van der Waals surface area (Å²) in [7, 11) is -1.10. The molecule has 1 rings (SSSR count). The Morgan fingerprint density at radius 2 is 1.71 bits per heavy atom. The van der Waals surface area contributed by atoms with Gasteiger partial charge in [-0.05, 0) is 31.2 Å². The lowest BCUT2D eigenvalue weighted by molar-refractivity contribution is 0.602. The van der Waals surface area contributed by atoms with Crippen molar-refractivity contribution in [2.45, 2.75) is 11.8 Å². The first-order valence-electron chi connectivity index (χ1n) is 4.46. The lowest BCUT2D eigenvalue weighted by Crippen LogP contribution is -2.15. The van der Waals surface area contributed by atoms with E-state index in [1.165, 1.54) is 6.26 Å². The molecule has 1 aromatic carbocycles. The average molecular weight is 213 g/mol. The van der Waals surface area contributed by atoms with Crippen molar-refractivity contribution in [1.82, 2.24) is 0 Å². The minimum absolute atomic E-state index is 0.366. The highest BCUT2D eigenvalue weighted by atomic mass is 32.2. The lowest BCUT2D eigenvalue weighted by atomic mass is 10.3. The molecule has 0 aliphatic carbocycles. The van der Waals surface area contributed by atoms with Crippen molar-refractivity contribution in [1.29, 1.82) is 0 Å². The molecule has 4 heteroatoms. The third-order valence-corrected chi connectivity index (χ3v) is 3.31. The van der Waals surface area contributed by atoms with Gasteiger partial charge in [-0.25, -0.2) is 8.42 Å².